The molecule has 0 saturated carbocycles. The molecule has 0 aromatic heterocycles. The first-order chi connectivity index (χ1) is 9.43. The highest BCUT2D eigenvalue weighted by atomic mass is 16.4. The van der Waals surface area contributed by atoms with Crippen molar-refractivity contribution in [1.29, 1.82) is 0 Å². The lowest BCUT2D eigenvalue weighted by Crippen LogP contribution is -2.39. The van der Waals surface area contributed by atoms with Crippen LogP contribution in [-0.2, 0) is 4.79 Å². The highest BCUT2D eigenvalue weighted by Gasteiger charge is 2.15. The summed E-state index contributed by atoms with van der Waals surface area (Å²) in [7, 11) is 0. The molecule has 0 saturated heterocycles. The number of rotatable bonds is 5. The number of terminal acetylenes is 1. The lowest BCUT2D eigenvalue weighted by atomic mass is 10.0. The molecule has 5 nitrogen and oxygen atoms in total. The van der Waals surface area contributed by atoms with Gasteiger partial charge in [0.05, 0.1) is 6.54 Å². The highest BCUT2D eigenvalue weighted by Crippen LogP contribution is 2.17. The van der Waals surface area contributed by atoms with Gasteiger partial charge in [-0.05, 0) is 23.6 Å². The molecule has 0 spiro atoms. The number of benzene rings is 1. The Bertz CT molecular complexity index is 515. The van der Waals surface area contributed by atoms with Gasteiger partial charge in [0, 0.05) is 5.69 Å². The summed E-state index contributed by atoms with van der Waals surface area (Å²) >= 11 is 0. The van der Waals surface area contributed by atoms with Crippen LogP contribution in [0.3, 0.4) is 0 Å². The number of carboxylic acid groups (broad SMARTS) is 1. The van der Waals surface area contributed by atoms with Crippen molar-refractivity contribution < 1.29 is 14.7 Å². The number of carboxylic acids is 1. The van der Waals surface area contributed by atoms with Crippen LogP contribution in [0.1, 0.15) is 25.3 Å². The number of carbonyl (C=O) groups is 2. The molecule has 0 bridgehead atoms. The van der Waals surface area contributed by atoms with Gasteiger partial charge >= 0.3 is 12.0 Å². The molecule has 5 heteroatoms. The Kier molecular flexibility index (Phi) is 5.60. The molecule has 1 aromatic carbocycles. The second-order valence-corrected chi connectivity index (χ2v) is 4.66. The molecule has 2 N–H and O–H groups in total. The fourth-order valence-electron chi connectivity index (χ4n) is 1.63. The van der Waals surface area contributed by atoms with E-state index in [4.69, 9.17) is 11.5 Å². The molecule has 0 radical (unpaired) electrons. The van der Waals surface area contributed by atoms with Crippen molar-refractivity contribution in [2.75, 3.05) is 18.4 Å². The van der Waals surface area contributed by atoms with Gasteiger partial charge in [-0.3, -0.25) is 4.79 Å². The van der Waals surface area contributed by atoms with E-state index in [0.717, 1.165) is 10.5 Å². The van der Waals surface area contributed by atoms with Crippen molar-refractivity contribution in [1.82, 2.24) is 4.90 Å². The van der Waals surface area contributed by atoms with Gasteiger partial charge in [-0.1, -0.05) is 31.9 Å². The molecule has 106 valence electrons. The number of hydrogen-bond donors (Lipinski definition) is 2. The first-order valence-electron chi connectivity index (χ1n) is 6.25. The largest absolute Gasteiger partial charge is 0.480 e. The average molecular weight is 274 g/mol. The van der Waals surface area contributed by atoms with E-state index >= 15 is 0 Å². The summed E-state index contributed by atoms with van der Waals surface area (Å²) in [4.78, 5) is 23.6. The van der Waals surface area contributed by atoms with Crippen LogP contribution in [0.4, 0.5) is 10.5 Å². The normalized spacial score (nSPS) is 9.90. The molecule has 0 aliphatic rings. The summed E-state index contributed by atoms with van der Waals surface area (Å²) in [5.41, 5.74) is 1.76. The zero-order valence-corrected chi connectivity index (χ0v) is 11.6. The van der Waals surface area contributed by atoms with Gasteiger partial charge in [-0.2, -0.15) is 0 Å². The molecule has 20 heavy (non-hydrogen) atoms. The van der Waals surface area contributed by atoms with Crippen molar-refractivity contribution in [3.05, 3.63) is 29.8 Å². The van der Waals surface area contributed by atoms with E-state index in [9.17, 15) is 9.59 Å². The third-order valence-electron chi connectivity index (χ3n) is 2.72. The quantitative estimate of drug-likeness (QED) is 0.810. The van der Waals surface area contributed by atoms with E-state index in [1.54, 1.807) is 12.1 Å². The smallest absolute Gasteiger partial charge is 0.323 e. The lowest BCUT2D eigenvalue weighted by molar-refractivity contribution is -0.137. The molecular weight excluding hydrogens is 256 g/mol. The van der Waals surface area contributed by atoms with E-state index in [2.05, 4.69) is 25.1 Å². The number of aliphatic carboxylic acids is 1. The van der Waals surface area contributed by atoms with Gasteiger partial charge in [-0.15, -0.1) is 6.42 Å². The maximum atomic E-state index is 11.9. The van der Waals surface area contributed by atoms with E-state index in [0.29, 0.717) is 11.6 Å². The Morgan fingerprint density at radius 3 is 2.40 bits per heavy atom. The van der Waals surface area contributed by atoms with Crippen molar-refractivity contribution in [2.45, 2.75) is 19.8 Å². The van der Waals surface area contributed by atoms with Crippen LogP contribution < -0.4 is 5.32 Å². The van der Waals surface area contributed by atoms with E-state index in [-0.39, 0.29) is 6.54 Å². The molecule has 1 rings (SSSR count). The number of nitrogens with one attached hydrogen (secondary N) is 1. The van der Waals surface area contributed by atoms with E-state index in [1.165, 1.54) is 0 Å². The van der Waals surface area contributed by atoms with E-state index < -0.39 is 18.5 Å². The van der Waals surface area contributed by atoms with Gasteiger partial charge in [0.2, 0.25) is 0 Å². The van der Waals surface area contributed by atoms with Crippen molar-refractivity contribution in [3.63, 3.8) is 0 Å². The van der Waals surface area contributed by atoms with Crippen LogP contribution in [-0.4, -0.2) is 35.1 Å². The monoisotopic (exact) mass is 274 g/mol. The number of carbonyl (C=O) groups excluding carboxylic acids is 1. The maximum Gasteiger partial charge on any atom is 0.323 e. The number of nitrogens with zero attached hydrogens (tertiary/aromatic N) is 1. The Balaban J connectivity index is 2.72. The molecule has 0 unspecified atom stereocenters. The van der Waals surface area contributed by atoms with Crippen molar-refractivity contribution in [2.24, 2.45) is 0 Å². The number of hydrogen-bond acceptors (Lipinski definition) is 2. The molecule has 0 aliphatic carbocycles. The molecule has 0 atom stereocenters. The Morgan fingerprint density at radius 1 is 1.35 bits per heavy atom. The fraction of sp³-hybridized carbons (Fsp3) is 0.333. The number of urea groups is 1. The first kappa shape index (κ1) is 15.6. The van der Waals surface area contributed by atoms with E-state index in [1.807, 2.05) is 12.1 Å². The Hall–Kier alpha value is -2.48. The predicted octanol–water partition coefficient (Wildman–Crippen LogP) is 2.36. The Morgan fingerprint density at radius 2 is 1.95 bits per heavy atom. The molecular formula is C15H18N2O3. The minimum atomic E-state index is -1.11. The molecule has 0 fully saturated rings. The third kappa shape index (κ3) is 4.65. The summed E-state index contributed by atoms with van der Waals surface area (Å²) in [6.45, 7) is 3.67. The zero-order valence-electron chi connectivity index (χ0n) is 11.6. The second-order valence-electron chi connectivity index (χ2n) is 4.66. The second kappa shape index (κ2) is 7.19. The van der Waals surface area contributed by atoms with Crippen LogP contribution in [0.5, 0.6) is 0 Å². The summed E-state index contributed by atoms with van der Waals surface area (Å²) in [5, 5.41) is 11.4. The summed E-state index contributed by atoms with van der Waals surface area (Å²) in [6, 6.07) is 6.87. The molecule has 0 aliphatic heterocycles. The minimum absolute atomic E-state index is 0.0534. The average Bonchev–Trinajstić information content (AvgIpc) is 2.38. The molecule has 0 heterocycles. The predicted molar refractivity (Wildman–Crippen MR) is 77.6 cm³/mol. The van der Waals surface area contributed by atoms with Gasteiger partial charge in [0.15, 0.2) is 0 Å². The van der Waals surface area contributed by atoms with Gasteiger partial charge in [0.1, 0.15) is 6.54 Å². The zero-order chi connectivity index (χ0) is 15.1. The van der Waals surface area contributed by atoms with Gasteiger partial charge in [0.25, 0.3) is 0 Å². The summed E-state index contributed by atoms with van der Waals surface area (Å²) in [5.74, 6) is 1.57. The van der Waals surface area contributed by atoms with Crippen LogP contribution in [0.15, 0.2) is 24.3 Å². The fourth-order valence-corrected chi connectivity index (χ4v) is 1.63. The van der Waals surface area contributed by atoms with Crippen molar-refractivity contribution in [3.8, 4) is 12.3 Å². The number of anilines is 1. The van der Waals surface area contributed by atoms with Gasteiger partial charge < -0.3 is 15.3 Å². The lowest BCUT2D eigenvalue weighted by Gasteiger charge is -2.18. The summed E-state index contributed by atoms with van der Waals surface area (Å²) < 4.78 is 0. The SMILES string of the molecule is C#CCN(CC(=O)O)C(=O)Nc1ccc(C(C)C)cc1. The summed E-state index contributed by atoms with van der Waals surface area (Å²) in [6.07, 6.45) is 5.12. The Labute approximate surface area is 118 Å². The molecule has 1 aromatic rings. The third-order valence-corrected chi connectivity index (χ3v) is 2.72. The highest BCUT2D eigenvalue weighted by molar-refractivity contribution is 5.91. The van der Waals surface area contributed by atoms with Crippen LogP contribution >= 0.6 is 0 Å². The van der Waals surface area contributed by atoms with Gasteiger partial charge in [-0.25, -0.2) is 4.79 Å². The standard InChI is InChI=1S/C15H18N2O3/c1-4-9-17(10-14(18)19)15(20)16-13-7-5-12(6-8-13)11(2)3/h1,5-8,11H,9-10H2,2-3H3,(H,16,20)(H,18,19). The maximum absolute atomic E-state index is 11.9. The van der Waals surface area contributed by atoms with Crippen LogP contribution in [0.25, 0.3) is 0 Å². The van der Waals surface area contributed by atoms with Crippen LogP contribution in [0, 0.1) is 12.3 Å². The van der Waals surface area contributed by atoms with Crippen LogP contribution in [0.2, 0.25) is 0 Å². The molecule has 2 amide bonds. The first-order valence-corrected chi connectivity index (χ1v) is 6.25. The number of amides is 2. The minimum Gasteiger partial charge on any atom is -0.480 e. The van der Waals surface area contributed by atoms with Crippen molar-refractivity contribution >= 4 is 17.7 Å². The topological polar surface area (TPSA) is 69.6 Å².